The van der Waals surface area contributed by atoms with Gasteiger partial charge in [-0.15, -0.1) is 0 Å². The first-order valence-electron chi connectivity index (χ1n) is 6.42. The minimum absolute atomic E-state index is 0.0442. The van der Waals surface area contributed by atoms with Gasteiger partial charge in [-0.3, -0.25) is 4.79 Å². The number of hydrogen-bond donors (Lipinski definition) is 4. The molecule has 3 amide bonds. The fraction of sp³-hybridized carbons (Fsp3) is 0.500. The van der Waals surface area contributed by atoms with Gasteiger partial charge in [0.15, 0.2) is 0 Å². The van der Waals surface area contributed by atoms with Crippen molar-refractivity contribution in [3.8, 4) is 0 Å². The number of carbonyl (C=O) groups is 3. The van der Waals surface area contributed by atoms with Crippen LogP contribution in [0.5, 0.6) is 0 Å². The predicted octanol–water partition coefficient (Wildman–Crippen LogP) is -1.02. The summed E-state index contributed by atoms with van der Waals surface area (Å²) in [5.74, 6) is -1.02. The number of carbonyl (C=O) groups excluding carboxylic acids is 2. The van der Waals surface area contributed by atoms with Crippen molar-refractivity contribution in [3.05, 3.63) is 18.2 Å². The molecular formula is C12H19N5O4. The van der Waals surface area contributed by atoms with Gasteiger partial charge in [0.05, 0.1) is 0 Å². The van der Waals surface area contributed by atoms with E-state index in [4.69, 9.17) is 10.8 Å². The quantitative estimate of drug-likeness (QED) is 0.486. The fourth-order valence-electron chi connectivity index (χ4n) is 1.68. The summed E-state index contributed by atoms with van der Waals surface area (Å²) in [5, 5.41) is 13.8. The van der Waals surface area contributed by atoms with Crippen LogP contribution in [0.4, 0.5) is 4.79 Å². The van der Waals surface area contributed by atoms with Crippen LogP contribution in [0.15, 0.2) is 12.4 Å². The first-order valence-corrected chi connectivity index (χ1v) is 6.42. The average molecular weight is 297 g/mol. The van der Waals surface area contributed by atoms with E-state index in [1.165, 1.54) is 0 Å². The summed E-state index contributed by atoms with van der Waals surface area (Å²) in [6.45, 7) is 0.318. The molecule has 0 unspecified atom stereocenters. The van der Waals surface area contributed by atoms with Crippen molar-refractivity contribution in [2.24, 2.45) is 12.8 Å². The van der Waals surface area contributed by atoms with Gasteiger partial charge >= 0.3 is 12.0 Å². The van der Waals surface area contributed by atoms with Gasteiger partial charge in [-0.05, 0) is 6.42 Å². The number of primary amides is 1. The van der Waals surface area contributed by atoms with Crippen molar-refractivity contribution >= 4 is 17.9 Å². The predicted molar refractivity (Wildman–Crippen MR) is 73.3 cm³/mol. The van der Waals surface area contributed by atoms with Gasteiger partial charge in [-0.1, -0.05) is 0 Å². The lowest BCUT2D eigenvalue weighted by Crippen LogP contribution is -2.46. The number of imidazole rings is 1. The van der Waals surface area contributed by atoms with Gasteiger partial charge in [0.1, 0.15) is 11.9 Å². The van der Waals surface area contributed by atoms with E-state index in [2.05, 4.69) is 15.6 Å². The second kappa shape index (κ2) is 7.88. The Labute approximate surface area is 121 Å². The highest BCUT2D eigenvalue weighted by molar-refractivity contribution is 5.83. The van der Waals surface area contributed by atoms with Crippen LogP contribution in [0, 0.1) is 0 Å². The van der Waals surface area contributed by atoms with E-state index in [0.29, 0.717) is 13.0 Å². The zero-order valence-electron chi connectivity index (χ0n) is 11.7. The summed E-state index contributed by atoms with van der Waals surface area (Å²) in [6, 6.07) is -1.76. The molecule has 1 atom stereocenters. The number of nitrogens with zero attached hydrogens (tertiary/aromatic N) is 2. The number of aliphatic carboxylic acids is 1. The average Bonchev–Trinajstić information content (AvgIpc) is 2.79. The number of aryl methyl sites for hydroxylation is 1. The van der Waals surface area contributed by atoms with E-state index in [0.717, 1.165) is 5.82 Å². The standard InChI is InChI=1S/C12H19N5O4/c1-17-7-6-14-10(17)4-5-15-12(21)16-8(11(19)20)2-3-9(13)18/h6-8H,2-5H2,1H3,(H2,13,18)(H,19,20)(H2,15,16,21)/t8-/m0/s1. The number of hydrogen-bond acceptors (Lipinski definition) is 4. The molecule has 9 heteroatoms. The third kappa shape index (κ3) is 5.93. The number of nitrogens with two attached hydrogens (primary N) is 1. The minimum atomic E-state index is -1.21. The van der Waals surface area contributed by atoms with Crippen molar-refractivity contribution in [2.75, 3.05) is 6.54 Å². The Bertz CT molecular complexity index is 514. The van der Waals surface area contributed by atoms with Gasteiger partial charge in [-0.2, -0.15) is 0 Å². The lowest BCUT2D eigenvalue weighted by atomic mass is 10.1. The molecule has 0 fully saturated rings. The van der Waals surface area contributed by atoms with Gasteiger partial charge in [0.25, 0.3) is 0 Å². The SMILES string of the molecule is Cn1ccnc1CCNC(=O)N[C@@H](CCC(N)=O)C(=O)O. The Balaban J connectivity index is 2.34. The zero-order chi connectivity index (χ0) is 15.8. The molecule has 1 aromatic heterocycles. The van der Waals surface area contributed by atoms with E-state index in [9.17, 15) is 14.4 Å². The molecule has 1 aromatic rings. The molecule has 1 heterocycles. The molecule has 5 N–H and O–H groups in total. The molecule has 0 aliphatic rings. The Morgan fingerprint density at radius 3 is 2.71 bits per heavy atom. The van der Waals surface area contributed by atoms with Crippen molar-refractivity contribution in [3.63, 3.8) is 0 Å². The summed E-state index contributed by atoms with van der Waals surface area (Å²) in [5.41, 5.74) is 4.95. The number of nitrogens with one attached hydrogen (secondary N) is 2. The van der Waals surface area contributed by atoms with Crippen LogP contribution in [0.1, 0.15) is 18.7 Å². The Morgan fingerprint density at radius 2 is 2.19 bits per heavy atom. The molecular weight excluding hydrogens is 278 g/mol. The molecule has 0 saturated heterocycles. The number of carboxylic acids is 1. The summed E-state index contributed by atoms with van der Waals surface area (Å²) in [6.07, 6.45) is 3.82. The molecule has 0 aliphatic carbocycles. The van der Waals surface area contributed by atoms with Crippen molar-refractivity contribution in [2.45, 2.75) is 25.3 Å². The largest absolute Gasteiger partial charge is 0.480 e. The number of amides is 3. The van der Waals surface area contributed by atoms with Crippen LogP contribution in [0.3, 0.4) is 0 Å². The van der Waals surface area contributed by atoms with Gasteiger partial charge in [-0.25, -0.2) is 14.6 Å². The molecule has 0 radical (unpaired) electrons. The Kier molecular flexibility index (Phi) is 6.18. The number of carboxylic acid groups (broad SMARTS) is 1. The van der Waals surface area contributed by atoms with Crippen LogP contribution in [0.2, 0.25) is 0 Å². The second-order valence-corrected chi connectivity index (χ2v) is 4.50. The third-order valence-corrected chi connectivity index (χ3v) is 2.84. The molecule has 0 saturated carbocycles. The Morgan fingerprint density at radius 1 is 1.48 bits per heavy atom. The molecule has 9 nitrogen and oxygen atoms in total. The van der Waals surface area contributed by atoms with Crippen LogP contribution >= 0.6 is 0 Å². The highest BCUT2D eigenvalue weighted by Crippen LogP contribution is 1.98. The maximum atomic E-state index is 11.6. The maximum Gasteiger partial charge on any atom is 0.326 e. The van der Waals surface area contributed by atoms with Crippen LogP contribution in [0.25, 0.3) is 0 Å². The number of urea groups is 1. The molecule has 116 valence electrons. The van der Waals surface area contributed by atoms with Gasteiger partial charge in [0, 0.05) is 38.8 Å². The first kappa shape index (κ1) is 16.5. The molecule has 0 spiro atoms. The number of aromatic nitrogens is 2. The zero-order valence-corrected chi connectivity index (χ0v) is 11.7. The lowest BCUT2D eigenvalue weighted by Gasteiger charge is -2.14. The van der Waals surface area contributed by atoms with Crippen molar-refractivity contribution < 1.29 is 19.5 Å². The second-order valence-electron chi connectivity index (χ2n) is 4.50. The van der Waals surface area contributed by atoms with Gasteiger partial charge in [0.2, 0.25) is 5.91 Å². The molecule has 0 aromatic carbocycles. The third-order valence-electron chi connectivity index (χ3n) is 2.84. The highest BCUT2D eigenvalue weighted by atomic mass is 16.4. The first-order chi connectivity index (χ1) is 9.90. The Hall–Kier alpha value is -2.58. The topological polar surface area (TPSA) is 139 Å². The number of rotatable bonds is 8. The summed E-state index contributed by atoms with van der Waals surface area (Å²) >= 11 is 0. The molecule has 0 bridgehead atoms. The van der Waals surface area contributed by atoms with E-state index < -0.39 is 23.9 Å². The smallest absolute Gasteiger partial charge is 0.326 e. The minimum Gasteiger partial charge on any atom is -0.480 e. The lowest BCUT2D eigenvalue weighted by molar-refractivity contribution is -0.139. The van der Waals surface area contributed by atoms with E-state index in [1.54, 1.807) is 12.4 Å². The molecule has 21 heavy (non-hydrogen) atoms. The van der Waals surface area contributed by atoms with Crippen LogP contribution in [-0.4, -0.2) is 45.2 Å². The highest BCUT2D eigenvalue weighted by Gasteiger charge is 2.20. The summed E-state index contributed by atoms with van der Waals surface area (Å²) < 4.78 is 1.83. The summed E-state index contributed by atoms with van der Waals surface area (Å²) in [7, 11) is 1.84. The van der Waals surface area contributed by atoms with E-state index in [1.807, 2.05) is 11.6 Å². The molecule has 1 rings (SSSR count). The monoisotopic (exact) mass is 297 g/mol. The normalized spacial score (nSPS) is 11.7. The van der Waals surface area contributed by atoms with Crippen molar-refractivity contribution in [1.82, 2.24) is 20.2 Å². The van der Waals surface area contributed by atoms with Gasteiger partial charge < -0.3 is 26.0 Å². The van der Waals surface area contributed by atoms with E-state index in [-0.39, 0.29) is 12.8 Å². The van der Waals surface area contributed by atoms with E-state index >= 15 is 0 Å². The molecule has 0 aliphatic heterocycles. The fourth-order valence-corrected chi connectivity index (χ4v) is 1.68. The summed E-state index contributed by atoms with van der Waals surface area (Å²) in [4.78, 5) is 37.3. The van der Waals surface area contributed by atoms with Crippen molar-refractivity contribution in [1.29, 1.82) is 0 Å². The van der Waals surface area contributed by atoms with Crippen LogP contribution in [-0.2, 0) is 23.1 Å². The van der Waals surface area contributed by atoms with Crippen LogP contribution < -0.4 is 16.4 Å². The maximum absolute atomic E-state index is 11.6.